The number of anilines is 1. The summed E-state index contributed by atoms with van der Waals surface area (Å²) in [6.07, 6.45) is 1.57. The van der Waals surface area contributed by atoms with Crippen molar-refractivity contribution >= 4 is 17.1 Å². The molecule has 0 unspecified atom stereocenters. The number of benzene rings is 2. The molecule has 7 heteroatoms. The monoisotopic (exact) mass is 455 g/mol. The zero-order valence-corrected chi connectivity index (χ0v) is 20.4. The van der Waals surface area contributed by atoms with Crippen LogP contribution < -0.4 is 11.1 Å². The zero-order chi connectivity index (χ0) is 24.7. The molecule has 0 radical (unpaired) electrons. The molecule has 0 atom stereocenters. The third-order valence-electron chi connectivity index (χ3n) is 5.70. The summed E-state index contributed by atoms with van der Waals surface area (Å²) in [5.74, 6) is -1.69. The lowest BCUT2D eigenvalue weighted by atomic mass is 9.92. The molecule has 0 fully saturated rings. The fraction of sp³-hybridized carbons (Fsp3) is 0.385. The minimum Gasteiger partial charge on any atom is -0.402 e. The molecule has 0 aromatic heterocycles. The molecular formula is C26H35F2N5. The molecule has 2 aromatic carbocycles. The molecule has 0 saturated heterocycles. The Kier molecular flexibility index (Phi) is 9.29. The summed E-state index contributed by atoms with van der Waals surface area (Å²) >= 11 is 0. The van der Waals surface area contributed by atoms with Crippen molar-refractivity contribution in [1.82, 2.24) is 4.90 Å². The number of hydrogen-bond donors (Lipinski definition) is 3. The highest BCUT2D eigenvalue weighted by Gasteiger charge is 2.18. The van der Waals surface area contributed by atoms with E-state index in [1.54, 1.807) is 20.2 Å². The maximum atomic E-state index is 14.9. The van der Waals surface area contributed by atoms with Gasteiger partial charge in [0.1, 0.15) is 0 Å². The van der Waals surface area contributed by atoms with E-state index in [0.717, 1.165) is 34.2 Å². The van der Waals surface area contributed by atoms with Crippen molar-refractivity contribution in [3.05, 3.63) is 64.4 Å². The first-order valence-electron chi connectivity index (χ1n) is 11.0. The summed E-state index contributed by atoms with van der Waals surface area (Å²) in [6, 6.07) is 8.40. The van der Waals surface area contributed by atoms with Crippen molar-refractivity contribution in [2.24, 2.45) is 10.7 Å². The van der Waals surface area contributed by atoms with Crippen LogP contribution in [0.25, 0.3) is 11.1 Å². The molecule has 0 bridgehead atoms. The van der Waals surface area contributed by atoms with Crippen LogP contribution in [0.3, 0.4) is 0 Å². The Balaban J connectivity index is 2.45. The van der Waals surface area contributed by atoms with Gasteiger partial charge in [0.05, 0.1) is 5.71 Å². The Morgan fingerprint density at radius 3 is 2.42 bits per heavy atom. The highest BCUT2D eigenvalue weighted by Crippen LogP contribution is 2.32. The van der Waals surface area contributed by atoms with Crippen LogP contribution in [0.15, 0.2) is 46.6 Å². The van der Waals surface area contributed by atoms with E-state index in [9.17, 15) is 8.78 Å². The summed E-state index contributed by atoms with van der Waals surface area (Å²) in [4.78, 5) is 6.13. The molecule has 2 aromatic rings. The maximum absolute atomic E-state index is 14.9. The summed E-state index contributed by atoms with van der Waals surface area (Å²) in [6.45, 7) is 4.19. The second-order valence-corrected chi connectivity index (χ2v) is 8.44. The average Bonchev–Trinajstić information content (AvgIpc) is 2.77. The highest BCUT2D eigenvalue weighted by molar-refractivity contribution is 6.05. The molecular weight excluding hydrogens is 420 g/mol. The van der Waals surface area contributed by atoms with E-state index in [4.69, 9.17) is 11.1 Å². The van der Waals surface area contributed by atoms with Gasteiger partial charge in [0.25, 0.3) is 0 Å². The van der Waals surface area contributed by atoms with Crippen molar-refractivity contribution in [1.29, 1.82) is 5.41 Å². The zero-order valence-electron chi connectivity index (χ0n) is 20.4. The van der Waals surface area contributed by atoms with Gasteiger partial charge in [-0.1, -0.05) is 12.1 Å². The SMILES string of the molecule is CN=C(C)/C(CCCc1c(-c2ccc(NC)c(C(=N)CN(C)C)c2)ccc(F)c1F)=C(/C)N. The number of nitrogens with one attached hydrogen (secondary N) is 2. The third-order valence-corrected chi connectivity index (χ3v) is 5.70. The summed E-state index contributed by atoms with van der Waals surface area (Å²) in [5, 5.41) is 11.6. The van der Waals surface area contributed by atoms with Crippen molar-refractivity contribution < 1.29 is 8.78 Å². The molecule has 0 aliphatic heterocycles. The lowest BCUT2D eigenvalue weighted by molar-refractivity contribution is 0.469. The second kappa shape index (κ2) is 11.7. The quantitative estimate of drug-likeness (QED) is 0.428. The molecule has 0 heterocycles. The van der Waals surface area contributed by atoms with Crippen molar-refractivity contribution in [3.8, 4) is 11.1 Å². The minimum absolute atomic E-state index is 0.331. The minimum atomic E-state index is -0.863. The van der Waals surface area contributed by atoms with Crippen molar-refractivity contribution in [2.45, 2.75) is 33.1 Å². The van der Waals surface area contributed by atoms with Crippen LogP contribution in [-0.2, 0) is 6.42 Å². The maximum Gasteiger partial charge on any atom is 0.162 e. The van der Waals surface area contributed by atoms with Crippen LogP contribution in [0.4, 0.5) is 14.5 Å². The highest BCUT2D eigenvalue weighted by atomic mass is 19.2. The number of nitrogens with zero attached hydrogens (tertiary/aromatic N) is 2. The molecule has 4 N–H and O–H groups in total. The number of rotatable bonds is 10. The van der Waals surface area contributed by atoms with Gasteiger partial charge < -0.3 is 21.4 Å². The molecule has 0 aliphatic carbocycles. The van der Waals surface area contributed by atoms with E-state index in [0.29, 0.717) is 48.3 Å². The fourth-order valence-corrected chi connectivity index (χ4v) is 3.93. The molecule has 2 rings (SSSR count). The topological polar surface area (TPSA) is 77.5 Å². The molecule has 0 saturated carbocycles. The number of halogens is 2. The first-order valence-corrected chi connectivity index (χ1v) is 11.0. The molecule has 33 heavy (non-hydrogen) atoms. The Labute approximate surface area is 195 Å². The van der Waals surface area contributed by atoms with Crippen molar-refractivity contribution in [2.75, 3.05) is 40.1 Å². The van der Waals surface area contributed by atoms with Gasteiger partial charge >= 0.3 is 0 Å². The van der Waals surface area contributed by atoms with Gasteiger partial charge in [-0.25, -0.2) is 8.78 Å². The second-order valence-electron chi connectivity index (χ2n) is 8.44. The van der Waals surface area contributed by atoms with E-state index in [-0.39, 0.29) is 0 Å². The summed E-state index contributed by atoms with van der Waals surface area (Å²) in [7, 11) is 7.32. The Morgan fingerprint density at radius 1 is 1.15 bits per heavy atom. The molecule has 5 nitrogen and oxygen atoms in total. The smallest absolute Gasteiger partial charge is 0.162 e. The molecule has 0 aliphatic rings. The summed E-state index contributed by atoms with van der Waals surface area (Å²) in [5.41, 5.74) is 12.2. The van der Waals surface area contributed by atoms with E-state index in [1.807, 2.05) is 51.0 Å². The van der Waals surface area contributed by atoms with E-state index < -0.39 is 11.6 Å². The lowest BCUT2D eigenvalue weighted by Crippen LogP contribution is -2.22. The van der Waals surface area contributed by atoms with Crippen LogP contribution >= 0.6 is 0 Å². The Morgan fingerprint density at radius 2 is 1.85 bits per heavy atom. The van der Waals surface area contributed by atoms with Crippen LogP contribution in [-0.4, -0.2) is 51.1 Å². The summed E-state index contributed by atoms with van der Waals surface area (Å²) < 4.78 is 29.1. The van der Waals surface area contributed by atoms with Crippen LogP contribution in [0, 0.1) is 17.0 Å². The van der Waals surface area contributed by atoms with Gasteiger partial charge in [-0.3, -0.25) is 4.99 Å². The Bertz CT molecular complexity index is 1070. The van der Waals surface area contributed by atoms with E-state index >= 15 is 0 Å². The normalized spacial score (nSPS) is 12.7. The number of likely N-dealkylation sites (N-methyl/N-ethyl adjacent to an activating group) is 1. The predicted octanol–water partition coefficient (Wildman–Crippen LogP) is 5.25. The fourth-order valence-electron chi connectivity index (χ4n) is 3.93. The molecule has 0 amide bonds. The first-order chi connectivity index (χ1) is 15.6. The van der Waals surface area contributed by atoms with Crippen LogP contribution in [0.5, 0.6) is 0 Å². The number of aliphatic imine (C=N–C) groups is 1. The molecule has 0 spiro atoms. The third kappa shape index (κ3) is 6.48. The van der Waals surface area contributed by atoms with Gasteiger partial charge in [0, 0.05) is 43.3 Å². The van der Waals surface area contributed by atoms with E-state index in [1.165, 1.54) is 0 Å². The van der Waals surface area contributed by atoms with Gasteiger partial charge in [-0.05, 0) is 87.7 Å². The standard InChI is InChI=1S/C26H35F2N5/c1-16(29)19(17(2)31-3)8-7-9-21-20(11-12-23(27)26(21)28)18-10-13-25(32-4)22(14-18)24(30)15-33(5)6/h10-14,30,32H,7-9,15,29H2,1-6H3/b19-16-,30-24?,31-17?. The van der Waals surface area contributed by atoms with Gasteiger partial charge in [-0.15, -0.1) is 0 Å². The number of nitrogens with two attached hydrogens (primary N) is 1. The lowest BCUT2D eigenvalue weighted by Gasteiger charge is -2.17. The predicted molar refractivity (Wildman–Crippen MR) is 136 cm³/mol. The van der Waals surface area contributed by atoms with Gasteiger partial charge in [-0.2, -0.15) is 0 Å². The Hall–Kier alpha value is -3.06. The number of allylic oxidation sites excluding steroid dienone is 2. The largest absolute Gasteiger partial charge is 0.402 e. The van der Waals surface area contributed by atoms with E-state index in [2.05, 4.69) is 10.3 Å². The first kappa shape index (κ1) is 26.2. The van der Waals surface area contributed by atoms with Crippen molar-refractivity contribution in [3.63, 3.8) is 0 Å². The van der Waals surface area contributed by atoms with Crippen LogP contribution in [0.2, 0.25) is 0 Å². The number of hydrogen-bond acceptors (Lipinski definition) is 5. The average molecular weight is 456 g/mol. The van der Waals surface area contributed by atoms with Crippen LogP contribution in [0.1, 0.15) is 37.8 Å². The van der Waals surface area contributed by atoms with Gasteiger partial charge in [0.15, 0.2) is 11.6 Å². The van der Waals surface area contributed by atoms with Gasteiger partial charge in [0.2, 0.25) is 0 Å². The molecule has 178 valence electrons.